The van der Waals surface area contributed by atoms with E-state index >= 15 is 0 Å². The van der Waals surface area contributed by atoms with Crippen LogP contribution in [-0.2, 0) is 95.9 Å². The van der Waals surface area contributed by atoms with Gasteiger partial charge in [0.05, 0.1) is 121 Å². The van der Waals surface area contributed by atoms with Crippen LogP contribution in [0.2, 0.25) is 0 Å². The first-order valence-electron chi connectivity index (χ1n) is 45.5. The van der Waals surface area contributed by atoms with E-state index in [1.807, 2.05) is 0 Å². The summed E-state index contributed by atoms with van der Waals surface area (Å²) in [6.45, 7) is -1.88. The fourth-order valence-electron chi connectivity index (χ4n) is 15.9. The number of hydrogen-bond donors (Lipinski definition) is 15. The van der Waals surface area contributed by atoms with Gasteiger partial charge in [-0.1, -0.05) is 0 Å². The Morgan fingerprint density at radius 1 is 0.237 bits per heavy atom. The molecule has 4 fully saturated rings. The predicted octanol–water partition coefficient (Wildman–Crippen LogP) is -15.9. The number of carbonyl (C=O) groups excluding carboxylic acids is 12. The predicted molar refractivity (Wildman–Crippen MR) is 476 cm³/mol. The van der Waals surface area contributed by atoms with E-state index < -0.39 is 273 Å². The number of carbonyl (C=O) groups is 20. The van der Waals surface area contributed by atoms with Crippen molar-refractivity contribution in [3.63, 3.8) is 0 Å². The molecule has 54 nitrogen and oxygen atoms in total. The van der Waals surface area contributed by atoms with Crippen molar-refractivity contribution < 1.29 is 232 Å². The zero-order valence-electron chi connectivity index (χ0n) is 79.6. The van der Waals surface area contributed by atoms with E-state index in [9.17, 15) is 152 Å². The van der Waals surface area contributed by atoms with Gasteiger partial charge in [-0.15, -0.1) is 0 Å². The molecule has 2 radical (unpaired) electrons. The Morgan fingerprint density at radius 2 is 0.403 bits per heavy atom. The largest absolute Gasteiger partial charge is 3.00 e. The van der Waals surface area contributed by atoms with Gasteiger partial charge in [0.2, 0.25) is 41.4 Å². The molecule has 4 rings (SSSR count). The van der Waals surface area contributed by atoms with Gasteiger partial charge in [0, 0.05) is 274 Å². The molecular weight excluding hydrogens is 2130 g/mol. The van der Waals surface area contributed by atoms with Crippen LogP contribution in [0, 0.1) is 85.3 Å². The molecule has 4 saturated heterocycles. The van der Waals surface area contributed by atoms with Gasteiger partial charge < -0.3 is 108 Å². The number of carboxylic acids is 11. The molecule has 0 aromatic heterocycles. The SMILES string of the molecule is CC(=O)CN1CCN(CC(=O)O)CCN(C(C)C(=O)CCC(=O)NCC(CNC(=O)CNC(=O)C(C)N2CCN(CC(=O)[O-])CCN(CC(=O)[O-])CCN(CC(=O)O)CC2)(CNC(=O)CNC(=O)C(C)N2CCN(CC(=O)[O-])CCN(CC(=O)O)CCN(CC(=O)O)CC2)CNC(=O)CNC(=O)C(C)N2CCN(CC(=O)O)CCN(CC(=O)O)CCN(CC(=O)O)CC2)CCN(CC(=O)O)CC1.[Gd+3].[Gd+3]. The second kappa shape index (κ2) is 68.1. The standard InChI is InChI=1S/C83H143N23O31.2Gd/c1-59(107)43-91-8-10-95(47-72(119)120)24-32-103(33-25-96(11-9-91)48-73(121)122)60(2)64(108)6-7-65(109)87-55-83(56-88-66(110)40-84-80(135)61(3)104-34-26-97(49-74(123)124)18-12-92(44-69(113)114)13-19-98(27-35-104)50-75(125)126,57-89-67(111)41-85-81(136)62(4)105-36-28-99(51-76(127)128)20-14-93(45-70(115)116)15-21-100(29-37-105)52-77(129)130)58-90-68(112)42-86-82(137)63(5)106-38-30-101(53-78(131)132)22-16-94(46-71(117)118)17-23-102(31-39-106)54-79(133)134;;/h60-63H,6-58H2,1-5H3,(H,84,135)(H,85,136)(H,86,137)(H,87,109)(H,88,110)(H,89,111)(H,90,112)(H,113,114)(H,115,116)(H,117,118)(H,119,120)(H,121,122)(H,123,124)(H,125,126)(H,127,128)(H,129,130)(H,131,132)(H,133,134);;/q;2*+3/p-3. The van der Waals surface area contributed by atoms with Crippen molar-refractivity contribution in [2.24, 2.45) is 5.41 Å². The third-order valence-corrected chi connectivity index (χ3v) is 24.2. The second-order valence-corrected chi connectivity index (χ2v) is 34.9. The van der Waals surface area contributed by atoms with Crippen LogP contribution in [0.1, 0.15) is 47.5 Å². The van der Waals surface area contributed by atoms with Crippen molar-refractivity contribution in [1.82, 2.24) is 116 Å². The smallest absolute Gasteiger partial charge is 0.549 e. The van der Waals surface area contributed by atoms with E-state index in [0.29, 0.717) is 0 Å². The molecule has 0 aromatic rings. The van der Waals surface area contributed by atoms with Crippen molar-refractivity contribution in [3.8, 4) is 0 Å². The summed E-state index contributed by atoms with van der Waals surface area (Å²) in [6, 6.07) is -4.41. The third-order valence-electron chi connectivity index (χ3n) is 24.2. The molecule has 4 aliphatic heterocycles. The Morgan fingerprint density at radius 3 is 0.583 bits per heavy atom. The number of amides is 7. The molecule has 0 bridgehead atoms. The van der Waals surface area contributed by atoms with Crippen molar-refractivity contribution in [2.45, 2.75) is 71.6 Å². The Bertz CT molecular complexity index is 3400. The number of rotatable bonds is 49. The molecular formula is C83H140Gd2N23O31+3. The van der Waals surface area contributed by atoms with Crippen molar-refractivity contribution in [2.75, 3.05) is 334 Å². The molecule has 15 N–H and O–H groups in total. The summed E-state index contributed by atoms with van der Waals surface area (Å²) in [5, 5.41) is 133. The number of carboxylic acid groups (broad SMARTS) is 11. The van der Waals surface area contributed by atoms with Crippen LogP contribution in [0.4, 0.5) is 0 Å². The first-order chi connectivity index (χ1) is 64.6. The fraction of sp³-hybridized carbons (Fsp3) is 0.759. The minimum atomic E-state index is -1.86. The van der Waals surface area contributed by atoms with Crippen molar-refractivity contribution in [1.29, 1.82) is 0 Å². The third kappa shape index (κ3) is 55.3. The van der Waals surface area contributed by atoms with Crippen LogP contribution in [-0.4, -0.2) is 596 Å². The molecule has 786 valence electrons. The maximum absolute atomic E-state index is 14.5. The van der Waals surface area contributed by atoms with Crippen LogP contribution in [0.25, 0.3) is 0 Å². The topological polar surface area (TPSA) is 708 Å². The van der Waals surface area contributed by atoms with E-state index in [2.05, 4.69) is 37.2 Å². The summed E-state index contributed by atoms with van der Waals surface area (Å²) in [4.78, 5) is 285. The van der Waals surface area contributed by atoms with Gasteiger partial charge in [-0.25, -0.2) is 0 Å². The maximum atomic E-state index is 14.5. The Kier molecular flexibility index (Phi) is 62.2. The van der Waals surface area contributed by atoms with Crippen molar-refractivity contribution >= 4 is 119 Å². The van der Waals surface area contributed by atoms with E-state index in [1.165, 1.54) is 71.8 Å². The van der Waals surface area contributed by atoms with E-state index in [4.69, 9.17) is 0 Å². The number of nitrogens with zero attached hydrogens (tertiary/aromatic N) is 16. The number of ketones is 2. The Balaban J connectivity index is 0.0000327. The molecule has 0 aliphatic carbocycles. The monoisotopic (exact) mass is 2270 g/mol. The van der Waals surface area contributed by atoms with Crippen LogP contribution >= 0.6 is 0 Å². The minimum absolute atomic E-state index is 0. The summed E-state index contributed by atoms with van der Waals surface area (Å²) >= 11 is 0. The van der Waals surface area contributed by atoms with Gasteiger partial charge in [0.15, 0.2) is 0 Å². The molecule has 56 heteroatoms. The Hall–Kier alpha value is -8.19. The summed E-state index contributed by atoms with van der Waals surface area (Å²) in [5.41, 5.74) is -1.86. The van der Waals surface area contributed by atoms with Crippen LogP contribution < -0.4 is 52.5 Å². The molecule has 0 saturated carbocycles. The molecule has 7 amide bonds. The first kappa shape index (κ1) is 127. The van der Waals surface area contributed by atoms with Gasteiger partial charge in [0.25, 0.3) is 0 Å². The number of nitrogens with one attached hydrogen (secondary N) is 7. The average molecular weight is 2270 g/mol. The normalized spacial score (nSPS) is 19.3. The van der Waals surface area contributed by atoms with Gasteiger partial charge >= 0.3 is 128 Å². The average Bonchev–Trinajstić information content (AvgIpc) is 0.832. The number of hydrogen-bond acceptors (Lipinski definition) is 39. The summed E-state index contributed by atoms with van der Waals surface area (Å²) in [5.74, 6) is -20.6. The van der Waals surface area contributed by atoms with Crippen LogP contribution in [0.3, 0.4) is 0 Å². The zero-order valence-corrected chi connectivity index (χ0v) is 84.2. The second-order valence-electron chi connectivity index (χ2n) is 34.9. The van der Waals surface area contributed by atoms with E-state index in [1.54, 1.807) is 41.2 Å². The maximum Gasteiger partial charge on any atom is 3.00 e. The first-order valence-corrected chi connectivity index (χ1v) is 45.5. The molecule has 4 aliphatic rings. The van der Waals surface area contributed by atoms with Crippen molar-refractivity contribution in [3.05, 3.63) is 0 Å². The molecule has 139 heavy (non-hydrogen) atoms. The number of Topliss-reactive ketones (excluding diaryl/α,β-unsaturated/α-hetero) is 2. The Labute approximate surface area is 870 Å². The van der Waals surface area contributed by atoms with Gasteiger partial charge in [-0.05, 0) is 34.6 Å². The summed E-state index contributed by atoms with van der Waals surface area (Å²) in [6.07, 6.45) is -1.03. The van der Waals surface area contributed by atoms with Crippen LogP contribution in [0.5, 0.6) is 0 Å². The summed E-state index contributed by atoms with van der Waals surface area (Å²) < 4.78 is 0. The number of aliphatic carboxylic acids is 11. The van der Waals surface area contributed by atoms with Crippen LogP contribution in [0.15, 0.2) is 0 Å². The minimum Gasteiger partial charge on any atom is -0.549 e. The van der Waals surface area contributed by atoms with Gasteiger partial charge in [-0.3, -0.25) is 160 Å². The van der Waals surface area contributed by atoms with Gasteiger partial charge in [0.1, 0.15) is 11.6 Å². The molecule has 0 aromatic carbocycles. The zero-order chi connectivity index (χ0) is 102. The fourth-order valence-corrected chi connectivity index (χ4v) is 15.9. The summed E-state index contributed by atoms with van der Waals surface area (Å²) in [7, 11) is 0. The van der Waals surface area contributed by atoms with Gasteiger partial charge in [-0.2, -0.15) is 0 Å². The molecule has 5 atom stereocenters. The quantitative estimate of drug-likeness (QED) is 0.0269. The molecule has 4 heterocycles. The molecule has 0 spiro atoms. The van der Waals surface area contributed by atoms with E-state index in [-0.39, 0.29) is 302 Å². The molecule has 5 unspecified atom stereocenters. The van der Waals surface area contributed by atoms with E-state index in [0.717, 1.165) is 0 Å².